The van der Waals surface area contributed by atoms with Crippen LogP contribution < -0.4 is 16.4 Å². The fourth-order valence-corrected chi connectivity index (χ4v) is 3.96. The quantitative estimate of drug-likeness (QED) is 0.266. The van der Waals surface area contributed by atoms with E-state index in [0.29, 0.717) is 11.0 Å². The van der Waals surface area contributed by atoms with Crippen LogP contribution in [-0.4, -0.2) is 6.71 Å². The van der Waals surface area contributed by atoms with Crippen LogP contribution in [-0.2, 0) is 12.4 Å². The van der Waals surface area contributed by atoms with Crippen LogP contribution in [0.3, 0.4) is 0 Å². The third-order valence-electron chi connectivity index (χ3n) is 5.44. The minimum Gasteiger partial charge on any atom is -0.166 e. The lowest BCUT2D eigenvalue weighted by Gasteiger charge is -2.21. The molecule has 0 bridgehead atoms. The van der Waals surface area contributed by atoms with E-state index in [2.05, 4.69) is 0 Å². The number of hydrogen-bond acceptors (Lipinski definition) is 0. The van der Waals surface area contributed by atoms with Gasteiger partial charge in [-0.05, 0) is 29.3 Å². The summed E-state index contributed by atoms with van der Waals surface area (Å²) in [5.41, 5.74) is -0.131. The number of hydrogen-bond donors (Lipinski definition) is 0. The maximum Gasteiger partial charge on any atom is 0.416 e. The molecule has 0 saturated heterocycles. The van der Waals surface area contributed by atoms with Crippen LogP contribution in [0.4, 0.5) is 26.3 Å². The molecule has 0 nitrogen and oxygen atoms in total. The Morgan fingerprint density at radius 3 is 1.36 bits per heavy atom. The molecule has 0 radical (unpaired) electrons. The van der Waals surface area contributed by atoms with E-state index >= 15 is 0 Å². The van der Waals surface area contributed by atoms with Gasteiger partial charge in [-0.3, -0.25) is 0 Å². The maximum atomic E-state index is 13.5. The number of benzene rings is 4. The van der Waals surface area contributed by atoms with Crippen molar-refractivity contribution >= 4 is 23.1 Å². The molecule has 7 heteroatoms. The van der Waals surface area contributed by atoms with E-state index in [-0.39, 0.29) is 18.3 Å². The largest absolute Gasteiger partial charge is 0.416 e. The smallest absolute Gasteiger partial charge is 0.166 e. The average molecular weight is 454 g/mol. The van der Waals surface area contributed by atoms with E-state index in [1.54, 1.807) is 24.3 Å². The van der Waals surface area contributed by atoms with Crippen molar-refractivity contribution in [3.8, 4) is 11.1 Å². The van der Waals surface area contributed by atoms with Crippen molar-refractivity contribution in [2.75, 3.05) is 0 Å². The number of alkyl halides is 6. The van der Waals surface area contributed by atoms with Crippen LogP contribution in [0.25, 0.3) is 11.1 Å². The maximum absolute atomic E-state index is 13.5. The van der Waals surface area contributed by atoms with Gasteiger partial charge in [0.25, 0.3) is 0 Å². The predicted molar refractivity (Wildman–Crippen MR) is 119 cm³/mol. The highest BCUT2D eigenvalue weighted by Gasteiger charge is 2.37. The van der Waals surface area contributed by atoms with Crippen molar-refractivity contribution in [2.24, 2.45) is 0 Å². The van der Waals surface area contributed by atoms with Crippen LogP contribution in [0.1, 0.15) is 11.1 Å². The first-order valence-electron chi connectivity index (χ1n) is 10.1. The highest BCUT2D eigenvalue weighted by Crippen LogP contribution is 2.38. The van der Waals surface area contributed by atoms with Gasteiger partial charge in [-0.1, -0.05) is 101 Å². The molecule has 4 aromatic carbocycles. The first-order chi connectivity index (χ1) is 15.6. The van der Waals surface area contributed by atoms with Crippen LogP contribution >= 0.6 is 0 Å². The van der Waals surface area contributed by atoms with Gasteiger partial charge < -0.3 is 0 Å². The summed E-state index contributed by atoms with van der Waals surface area (Å²) in [5, 5.41) is 0. The van der Waals surface area contributed by atoms with Gasteiger partial charge in [0.1, 0.15) is 0 Å². The molecule has 0 amide bonds. The Labute approximate surface area is 187 Å². The van der Waals surface area contributed by atoms with E-state index < -0.39 is 23.5 Å². The first kappa shape index (κ1) is 22.7. The van der Waals surface area contributed by atoms with Gasteiger partial charge in [-0.2, -0.15) is 26.3 Å². The van der Waals surface area contributed by atoms with Gasteiger partial charge in [0, 0.05) is 0 Å². The highest BCUT2D eigenvalue weighted by atomic mass is 19.4. The molecule has 0 aliphatic heterocycles. The summed E-state index contributed by atoms with van der Waals surface area (Å²) in [6.45, 7) is -0.382. The van der Waals surface area contributed by atoms with Crippen LogP contribution in [0.2, 0.25) is 0 Å². The summed E-state index contributed by atoms with van der Waals surface area (Å²) in [4.78, 5) is 0. The van der Waals surface area contributed by atoms with E-state index in [4.69, 9.17) is 0 Å². The zero-order chi connectivity index (χ0) is 23.6. The van der Waals surface area contributed by atoms with Crippen molar-refractivity contribution in [1.29, 1.82) is 0 Å². The van der Waals surface area contributed by atoms with Gasteiger partial charge in [0.15, 0.2) is 0 Å². The molecule has 0 spiro atoms. The Morgan fingerprint density at radius 2 is 0.909 bits per heavy atom. The molecular formula is C26H17BF6. The SMILES string of the molecule is FC(F)(F)c1cc(-c2ccccc2B(c2ccccc2)c2ccccc2)cc(C(F)(F)F)c1. The van der Waals surface area contributed by atoms with E-state index in [1.165, 1.54) is 0 Å². The second-order valence-electron chi connectivity index (χ2n) is 7.64. The molecule has 0 heterocycles. The Morgan fingerprint density at radius 1 is 0.485 bits per heavy atom. The van der Waals surface area contributed by atoms with Crippen molar-refractivity contribution in [3.63, 3.8) is 0 Å². The van der Waals surface area contributed by atoms with E-state index in [0.717, 1.165) is 23.1 Å². The molecule has 0 aliphatic rings. The molecule has 0 aromatic heterocycles. The number of rotatable bonds is 4. The van der Waals surface area contributed by atoms with Crippen LogP contribution in [0, 0.1) is 0 Å². The molecule has 0 fully saturated rings. The summed E-state index contributed by atoms with van der Waals surface area (Å²) in [7, 11) is 0. The van der Waals surface area contributed by atoms with Crippen molar-refractivity contribution in [1.82, 2.24) is 0 Å². The second-order valence-corrected chi connectivity index (χ2v) is 7.64. The molecule has 0 saturated carbocycles. The molecule has 0 N–H and O–H groups in total. The first-order valence-corrected chi connectivity index (χ1v) is 10.1. The van der Waals surface area contributed by atoms with Crippen LogP contribution in [0.5, 0.6) is 0 Å². The standard InChI is InChI=1S/C26H17BF6/c28-25(29,30)19-15-18(16-20(17-19)26(31,32)33)23-13-7-8-14-24(23)27(21-9-3-1-4-10-21)22-11-5-2-6-12-22/h1-17H. The molecular weight excluding hydrogens is 437 g/mol. The Bertz CT molecular complexity index is 1160. The monoisotopic (exact) mass is 454 g/mol. The molecule has 4 rings (SSSR count). The lowest BCUT2D eigenvalue weighted by atomic mass is 9.36. The zero-order valence-electron chi connectivity index (χ0n) is 17.2. The number of halogens is 6. The van der Waals surface area contributed by atoms with Gasteiger partial charge in [0.05, 0.1) is 11.1 Å². The fraction of sp³-hybridized carbons (Fsp3) is 0.0769. The average Bonchev–Trinajstić information content (AvgIpc) is 2.80. The molecule has 33 heavy (non-hydrogen) atoms. The van der Waals surface area contributed by atoms with Gasteiger partial charge in [0.2, 0.25) is 6.71 Å². The summed E-state index contributed by atoms with van der Waals surface area (Å²) in [6.07, 6.45) is -9.83. The zero-order valence-corrected chi connectivity index (χ0v) is 17.2. The summed E-state index contributed by atoms with van der Waals surface area (Å²) < 4.78 is 80.8. The fourth-order valence-electron chi connectivity index (χ4n) is 3.96. The van der Waals surface area contributed by atoms with Crippen LogP contribution in [0.15, 0.2) is 103 Å². The Hall–Kier alpha value is -3.48. The third-order valence-corrected chi connectivity index (χ3v) is 5.44. The van der Waals surface area contributed by atoms with Gasteiger partial charge in [-0.15, -0.1) is 0 Å². The summed E-state index contributed by atoms with van der Waals surface area (Å²) in [5.74, 6) is 0. The highest BCUT2D eigenvalue weighted by molar-refractivity contribution is 6.96. The minimum absolute atomic E-state index is 0.135. The van der Waals surface area contributed by atoms with Gasteiger partial charge >= 0.3 is 12.4 Å². The molecule has 166 valence electrons. The summed E-state index contributed by atoms with van der Waals surface area (Å²) in [6, 6.07) is 27.0. The lowest BCUT2D eigenvalue weighted by molar-refractivity contribution is -0.143. The Balaban J connectivity index is 1.97. The lowest BCUT2D eigenvalue weighted by Crippen LogP contribution is -2.52. The molecule has 4 aromatic rings. The Kier molecular flexibility index (Phi) is 6.06. The van der Waals surface area contributed by atoms with Crippen molar-refractivity contribution in [3.05, 3.63) is 114 Å². The predicted octanol–water partition coefficient (Wildman–Crippen LogP) is 5.91. The van der Waals surface area contributed by atoms with E-state index in [1.807, 2.05) is 60.7 Å². The van der Waals surface area contributed by atoms with E-state index in [9.17, 15) is 26.3 Å². The molecule has 0 aliphatic carbocycles. The van der Waals surface area contributed by atoms with Crippen molar-refractivity contribution < 1.29 is 26.3 Å². The third kappa shape index (κ3) is 4.97. The molecule has 0 unspecified atom stereocenters. The summed E-state index contributed by atoms with van der Waals surface area (Å²) >= 11 is 0. The molecule has 0 atom stereocenters. The second kappa shape index (κ2) is 8.81. The minimum atomic E-state index is -4.91. The normalized spacial score (nSPS) is 11.9. The topological polar surface area (TPSA) is 0 Å². The van der Waals surface area contributed by atoms with Crippen molar-refractivity contribution in [2.45, 2.75) is 12.4 Å². The van der Waals surface area contributed by atoms with Gasteiger partial charge in [-0.25, -0.2) is 0 Å².